The number of methoxy groups -OCH3 is 1. The molecule has 68 valence electrons. The Morgan fingerprint density at radius 1 is 1.50 bits per heavy atom. The molecule has 1 aliphatic rings. The van der Waals surface area contributed by atoms with Crippen LogP contribution in [0.2, 0.25) is 0 Å². The standard InChI is InChI=1S/C9H15NO2/c1-12-8-4-5-9(11)10-6-2-3-7-10/h4-5H,2-3,6-8H2,1H3. The minimum Gasteiger partial charge on any atom is -0.381 e. The Balaban J connectivity index is 2.26. The number of nitrogens with zero attached hydrogens (tertiary/aromatic N) is 1. The zero-order valence-corrected chi connectivity index (χ0v) is 7.45. The third-order valence-corrected chi connectivity index (χ3v) is 1.94. The largest absolute Gasteiger partial charge is 0.381 e. The second-order valence-corrected chi connectivity index (χ2v) is 2.89. The predicted molar refractivity (Wildman–Crippen MR) is 46.8 cm³/mol. The zero-order chi connectivity index (χ0) is 8.81. The highest BCUT2D eigenvalue weighted by Crippen LogP contribution is 2.07. The van der Waals surface area contributed by atoms with Gasteiger partial charge in [-0.25, -0.2) is 0 Å². The summed E-state index contributed by atoms with van der Waals surface area (Å²) in [5.41, 5.74) is 0. The molecule has 0 unspecified atom stereocenters. The number of amides is 1. The van der Waals surface area contributed by atoms with Crippen molar-refractivity contribution in [1.82, 2.24) is 4.90 Å². The van der Waals surface area contributed by atoms with Crippen LogP contribution >= 0.6 is 0 Å². The Bertz CT molecular complexity index is 171. The SMILES string of the molecule is COCC=CC(=O)N1CCCC1. The second kappa shape index (κ2) is 4.93. The molecule has 0 bridgehead atoms. The van der Waals surface area contributed by atoms with Gasteiger partial charge in [0.25, 0.3) is 0 Å². The summed E-state index contributed by atoms with van der Waals surface area (Å²) in [7, 11) is 1.62. The highest BCUT2D eigenvalue weighted by molar-refractivity contribution is 5.87. The van der Waals surface area contributed by atoms with Crippen molar-refractivity contribution in [3.8, 4) is 0 Å². The maximum absolute atomic E-state index is 11.3. The molecular weight excluding hydrogens is 154 g/mol. The predicted octanol–water partition coefficient (Wildman–Crippen LogP) is 0.811. The Hall–Kier alpha value is -0.830. The number of carbonyl (C=O) groups excluding carboxylic acids is 1. The minimum absolute atomic E-state index is 0.115. The van der Waals surface area contributed by atoms with Gasteiger partial charge in [-0.3, -0.25) is 4.79 Å². The molecule has 1 rings (SSSR count). The summed E-state index contributed by atoms with van der Waals surface area (Å²) in [6.07, 6.45) is 5.63. The van der Waals surface area contributed by atoms with Crippen LogP contribution in [0.4, 0.5) is 0 Å². The monoisotopic (exact) mass is 169 g/mol. The van der Waals surface area contributed by atoms with Crippen molar-refractivity contribution >= 4 is 5.91 Å². The third kappa shape index (κ3) is 2.66. The fourth-order valence-electron chi connectivity index (χ4n) is 1.29. The summed E-state index contributed by atoms with van der Waals surface area (Å²) < 4.78 is 4.80. The van der Waals surface area contributed by atoms with E-state index in [1.807, 2.05) is 4.90 Å². The van der Waals surface area contributed by atoms with Crippen LogP contribution in [0.3, 0.4) is 0 Å². The molecule has 0 spiro atoms. The van der Waals surface area contributed by atoms with Crippen LogP contribution < -0.4 is 0 Å². The molecule has 12 heavy (non-hydrogen) atoms. The van der Waals surface area contributed by atoms with Crippen LogP contribution in [0.15, 0.2) is 12.2 Å². The van der Waals surface area contributed by atoms with Crippen molar-refractivity contribution in [3.05, 3.63) is 12.2 Å². The topological polar surface area (TPSA) is 29.5 Å². The molecule has 3 nitrogen and oxygen atoms in total. The summed E-state index contributed by atoms with van der Waals surface area (Å²) in [5, 5.41) is 0. The van der Waals surface area contributed by atoms with Crippen LogP contribution in [-0.2, 0) is 9.53 Å². The lowest BCUT2D eigenvalue weighted by Crippen LogP contribution is -2.25. The van der Waals surface area contributed by atoms with Crippen molar-refractivity contribution in [2.45, 2.75) is 12.8 Å². The number of rotatable bonds is 3. The molecule has 0 aromatic heterocycles. The van der Waals surface area contributed by atoms with Gasteiger partial charge in [0.05, 0.1) is 6.61 Å². The molecule has 1 heterocycles. The lowest BCUT2D eigenvalue weighted by atomic mass is 10.4. The molecule has 1 fully saturated rings. The van der Waals surface area contributed by atoms with E-state index in [4.69, 9.17) is 4.74 Å². The molecule has 0 N–H and O–H groups in total. The summed E-state index contributed by atoms with van der Waals surface area (Å²) in [5.74, 6) is 0.115. The zero-order valence-electron chi connectivity index (χ0n) is 7.45. The van der Waals surface area contributed by atoms with Gasteiger partial charge in [-0.1, -0.05) is 6.08 Å². The normalized spacial score (nSPS) is 17.6. The van der Waals surface area contributed by atoms with Gasteiger partial charge in [0.1, 0.15) is 0 Å². The Labute approximate surface area is 73.0 Å². The molecular formula is C9H15NO2. The average molecular weight is 169 g/mol. The van der Waals surface area contributed by atoms with Crippen molar-refractivity contribution in [3.63, 3.8) is 0 Å². The van der Waals surface area contributed by atoms with Gasteiger partial charge >= 0.3 is 0 Å². The highest BCUT2D eigenvalue weighted by atomic mass is 16.5. The molecule has 1 saturated heterocycles. The first kappa shape index (κ1) is 9.26. The van der Waals surface area contributed by atoms with E-state index in [-0.39, 0.29) is 5.91 Å². The first-order valence-corrected chi connectivity index (χ1v) is 4.29. The van der Waals surface area contributed by atoms with Gasteiger partial charge in [0, 0.05) is 26.3 Å². The second-order valence-electron chi connectivity index (χ2n) is 2.89. The van der Waals surface area contributed by atoms with Crippen molar-refractivity contribution in [1.29, 1.82) is 0 Å². The molecule has 0 saturated carbocycles. The van der Waals surface area contributed by atoms with E-state index in [2.05, 4.69) is 0 Å². The van der Waals surface area contributed by atoms with E-state index in [1.54, 1.807) is 19.3 Å². The van der Waals surface area contributed by atoms with Crippen LogP contribution in [-0.4, -0.2) is 37.6 Å². The van der Waals surface area contributed by atoms with Gasteiger partial charge in [-0.2, -0.15) is 0 Å². The first-order chi connectivity index (χ1) is 5.84. The summed E-state index contributed by atoms with van der Waals surface area (Å²) >= 11 is 0. The van der Waals surface area contributed by atoms with E-state index in [0.29, 0.717) is 6.61 Å². The smallest absolute Gasteiger partial charge is 0.246 e. The molecule has 0 aliphatic carbocycles. The van der Waals surface area contributed by atoms with E-state index >= 15 is 0 Å². The molecule has 1 amide bonds. The van der Waals surface area contributed by atoms with E-state index in [9.17, 15) is 4.79 Å². The van der Waals surface area contributed by atoms with E-state index in [1.165, 1.54) is 0 Å². The van der Waals surface area contributed by atoms with Crippen LogP contribution in [0.25, 0.3) is 0 Å². The van der Waals surface area contributed by atoms with Gasteiger partial charge in [0.2, 0.25) is 5.91 Å². The maximum atomic E-state index is 11.3. The van der Waals surface area contributed by atoms with Crippen LogP contribution in [0.5, 0.6) is 0 Å². The minimum atomic E-state index is 0.115. The number of hydrogen-bond donors (Lipinski definition) is 0. The molecule has 0 radical (unpaired) electrons. The van der Waals surface area contributed by atoms with Gasteiger partial charge in [-0.15, -0.1) is 0 Å². The number of ether oxygens (including phenoxy) is 1. The molecule has 1 aliphatic heterocycles. The number of carbonyl (C=O) groups is 1. The van der Waals surface area contributed by atoms with Crippen molar-refractivity contribution in [2.24, 2.45) is 0 Å². The molecule has 0 aromatic carbocycles. The lowest BCUT2D eigenvalue weighted by Gasteiger charge is -2.11. The van der Waals surface area contributed by atoms with Crippen LogP contribution in [0.1, 0.15) is 12.8 Å². The van der Waals surface area contributed by atoms with Crippen LogP contribution in [0, 0.1) is 0 Å². The Morgan fingerprint density at radius 2 is 2.17 bits per heavy atom. The Morgan fingerprint density at radius 3 is 2.75 bits per heavy atom. The van der Waals surface area contributed by atoms with Gasteiger partial charge in [-0.05, 0) is 12.8 Å². The molecule has 0 atom stereocenters. The summed E-state index contributed by atoms with van der Waals surface area (Å²) in [6.45, 7) is 2.34. The van der Waals surface area contributed by atoms with E-state index in [0.717, 1.165) is 25.9 Å². The Kier molecular flexibility index (Phi) is 3.80. The summed E-state index contributed by atoms with van der Waals surface area (Å²) in [6, 6.07) is 0. The molecule has 3 heteroatoms. The number of hydrogen-bond acceptors (Lipinski definition) is 2. The third-order valence-electron chi connectivity index (χ3n) is 1.94. The van der Waals surface area contributed by atoms with Gasteiger partial charge in [0.15, 0.2) is 0 Å². The lowest BCUT2D eigenvalue weighted by molar-refractivity contribution is -0.125. The highest BCUT2D eigenvalue weighted by Gasteiger charge is 2.14. The van der Waals surface area contributed by atoms with Crippen molar-refractivity contribution < 1.29 is 9.53 Å². The van der Waals surface area contributed by atoms with Gasteiger partial charge < -0.3 is 9.64 Å². The maximum Gasteiger partial charge on any atom is 0.246 e. The quantitative estimate of drug-likeness (QED) is 0.585. The van der Waals surface area contributed by atoms with E-state index < -0.39 is 0 Å². The average Bonchev–Trinajstić information content (AvgIpc) is 2.56. The van der Waals surface area contributed by atoms with Crippen molar-refractivity contribution in [2.75, 3.05) is 26.8 Å². The fourth-order valence-corrected chi connectivity index (χ4v) is 1.29. The first-order valence-electron chi connectivity index (χ1n) is 4.29. The fraction of sp³-hybridized carbons (Fsp3) is 0.667. The summed E-state index contributed by atoms with van der Waals surface area (Å²) in [4.78, 5) is 13.2. The number of likely N-dealkylation sites (tertiary alicyclic amines) is 1. The molecule has 0 aromatic rings.